The van der Waals surface area contributed by atoms with Gasteiger partial charge in [0.15, 0.2) is 0 Å². The Labute approximate surface area is 86.5 Å². The molecule has 1 radical (unpaired) electrons. The standard InChI is InChI=1S/C6H8N2O2S.Ag/c7-5-1-3-6(4-2-5)11(8,9)10;/h1-4H,7H2,(H2,8,9,10);. The van der Waals surface area contributed by atoms with Crippen LogP contribution in [0.4, 0.5) is 5.69 Å². The molecule has 0 bridgehead atoms. The van der Waals surface area contributed by atoms with E-state index in [1.807, 2.05) is 0 Å². The molecule has 4 nitrogen and oxygen atoms in total. The monoisotopic (exact) mass is 279 g/mol. The molecule has 71 valence electrons. The molecule has 0 atom stereocenters. The van der Waals surface area contributed by atoms with Crippen molar-refractivity contribution in [3.05, 3.63) is 24.3 Å². The predicted octanol–water partition coefficient (Wildman–Crippen LogP) is -0.0863. The van der Waals surface area contributed by atoms with Gasteiger partial charge in [0.2, 0.25) is 10.0 Å². The predicted molar refractivity (Wildman–Crippen MR) is 42.2 cm³/mol. The molecule has 0 aromatic heterocycles. The molecule has 0 aliphatic carbocycles. The van der Waals surface area contributed by atoms with Crippen LogP contribution in [0.5, 0.6) is 0 Å². The van der Waals surface area contributed by atoms with Crippen molar-refractivity contribution in [3.63, 3.8) is 0 Å². The van der Waals surface area contributed by atoms with Crippen LogP contribution in [-0.4, -0.2) is 8.42 Å². The van der Waals surface area contributed by atoms with Crippen molar-refractivity contribution in [2.75, 3.05) is 5.73 Å². The van der Waals surface area contributed by atoms with Crippen molar-refractivity contribution in [2.24, 2.45) is 5.14 Å². The molecule has 0 aliphatic heterocycles. The van der Waals surface area contributed by atoms with Crippen LogP contribution in [0.2, 0.25) is 0 Å². The molecule has 0 aliphatic rings. The molecule has 0 fully saturated rings. The molecule has 0 saturated carbocycles. The third-order valence-corrected chi connectivity index (χ3v) is 2.14. The summed E-state index contributed by atoms with van der Waals surface area (Å²) in [6.45, 7) is 0. The topological polar surface area (TPSA) is 86.2 Å². The Morgan fingerprint density at radius 2 is 1.50 bits per heavy atom. The fourth-order valence-corrected chi connectivity index (χ4v) is 1.17. The molecule has 0 amide bonds. The van der Waals surface area contributed by atoms with E-state index in [0.717, 1.165) is 0 Å². The van der Waals surface area contributed by atoms with Crippen LogP contribution in [-0.2, 0) is 32.4 Å². The Morgan fingerprint density at radius 3 is 1.83 bits per heavy atom. The molecule has 12 heavy (non-hydrogen) atoms. The number of hydrogen-bond acceptors (Lipinski definition) is 3. The van der Waals surface area contributed by atoms with Crippen molar-refractivity contribution in [1.29, 1.82) is 0 Å². The summed E-state index contributed by atoms with van der Waals surface area (Å²) < 4.78 is 21.4. The van der Waals surface area contributed by atoms with Crippen molar-refractivity contribution in [1.82, 2.24) is 0 Å². The van der Waals surface area contributed by atoms with Gasteiger partial charge in [0.05, 0.1) is 4.90 Å². The molecule has 1 rings (SSSR count). The first-order valence-electron chi connectivity index (χ1n) is 2.88. The van der Waals surface area contributed by atoms with Gasteiger partial charge in [-0.2, -0.15) is 0 Å². The van der Waals surface area contributed by atoms with Crippen molar-refractivity contribution >= 4 is 15.7 Å². The maximum Gasteiger partial charge on any atom is 0.238 e. The smallest absolute Gasteiger partial charge is 0.238 e. The Morgan fingerprint density at radius 1 is 1.08 bits per heavy atom. The van der Waals surface area contributed by atoms with E-state index in [0.29, 0.717) is 5.69 Å². The van der Waals surface area contributed by atoms with E-state index in [9.17, 15) is 8.42 Å². The van der Waals surface area contributed by atoms with E-state index in [1.54, 1.807) is 0 Å². The Bertz CT molecular complexity index is 346. The van der Waals surface area contributed by atoms with Crippen molar-refractivity contribution in [2.45, 2.75) is 4.90 Å². The summed E-state index contributed by atoms with van der Waals surface area (Å²) in [5.74, 6) is 0. The molecule has 0 heterocycles. The fraction of sp³-hybridized carbons (Fsp3) is 0. The van der Waals surface area contributed by atoms with Crippen LogP contribution >= 0.6 is 0 Å². The van der Waals surface area contributed by atoms with Gasteiger partial charge in [-0.05, 0) is 24.3 Å². The summed E-state index contributed by atoms with van der Waals surface area (Å²) in [5.41, 5.74) is 5.85. The van der Waals surface area contributed by atoms with Gasteiger partial charge >= 0.3 is 0 Å². The van der Waals surface area contributed by atoms with Crippen LogP contribution in [0.25, 0.3) is 0 Å². The van der Waals surface area contributed by atoms with Crippen LogP contribution < -0.4 is 10.9 Å². The number of sulfonamides is 1. The van der Waals surface area contributed by atoms with Gasteiger partial charge in [0.25, 0.3) is 0 Å². The summed E-state index contributed by atoms with van der Waals surface area (Å²) >= 11 is 0. The van der Waals surface area contributed by atoms with Gasteiger partial charge in [0, 0.05) is 28.1 Å². The second-order valence-corrected chi connectivity index (χ2v) is 3.68. The molecule has 0 unspecified atom stereocenters. The van der Waals surface area contributed by atoms with E-state index in [1.165, 1.54) is 24.3 Å². The minimum Gasteiger partial charge on any atom is -0.399 e. The number of nitrogens with two attached hydrogens (primary N) is 2. The second kappa shape index (κ2) is 4.06. The number of benzene rings is 1. The zero-order valence-corrected chi connectivity index (χ0v) is 8.29. The zero-order valence-electron chi connectivity index (χ0n) is 5.99. The van der Waals surface area contributed by atoms with E-state index in [-0.39, 0.29) is 27.3 Å². The van der Waals surface area contributed by atoms with Gasteiger partial charge in [-0.15, -0.1) is 0 Å². The Hall–Kier alpha value is -0.330. The van der Waals surface area contributed by atoms with Gasteiger partial charge < -0.3 is 5.73 Å². The van der Waals surface area contributed by atoms with Crippen LogP contribution in [0.3, 0.4) is 0 Å². The summed E-state index contributed by atoms with van der Waals surface area (Å²) in [7, 11) is -3.58. The quantitative estimate of drug-likeness (QED) is 0.557. The number of anilines is 1. The Kier molecular flexibility index (Phi) is 3.95. The third kappa shape index (κ3) is 2.96. The molecular weight excluding hydrogens is 272 g/mol. The minimum absolute atomic E-state index is 0. The first kappa shape index (κ1) is 11.7. The Balaban J connectivity index is 0.00000121. The van der Waals surface area contributed by atoms with Crippen LogP contribution in [0.15, 0.2) is 29.2 Å². The van der Waals surface area contributed by atoms with E-state index < -0.39 is 10.0 Å². The van der Waals surface area contributed by atoms with Gasteiger partial charge in [-0.1, -0.05) is 0 Å². The number of nitrogen functional groups attached to an aromatic ring is 1. The van der Waals surface area contributed by atoms with Gasteiger partial charge in [0.1, 0.15) is 0 Å². The van der Waals surface area contributed by atoms with Crippen LogP contribution in [0.1, 0.15) is 0 Å². The maximum atomic E-state index is 10.7. The largest absolute Gasteiger partial charge is 0.399 e. The summed E-state index contributed by atoms with van der Waals surface area (Å²) in [4.78, 5) is 0.0756. The van der Waals surface area contributed by atoms with Crippen molar-refractivity contribution < 1.29 is 30.8 Å². The number of primary sulfonamides is 1. The summed E-state index contributed by atoms with van der Waals surface area (Å²) in [5, 5.41) is 4.84. The molecule has 1 aromatic rings. The molecule has 1 aromatic carbocycles. The van der Waals surface area contributed by atoms with E-state index in [4.69, 9.17) is 10.9 Å². The second-order valence-electron chi connectivity index (χ2n) is 2.11. The van der Waals surface area contributed by atoms with Crippen molar-refractivity contribution in [3.8, 4) is 0 Å². The van der Waals surface area contributed by atoms with Gasteiger partial charge in [-0.25, -0.2) is 13.6 Å². The van der Waals surface area contributed by atoms with E-state index >= 15 is 0 Å². The molecular formula is C6H8AgN2O2S. The van der Waals surface area contributed by atoms with Crippen LogP contribution in [0, 0.1) is 0 Å². The molecule has 4 N–H and O–H groups in total. The number of rotatable bonds is 1. The maximum absolute atomic E-state index is 10.7. The zero-order chi connectivity index (χ0) is 8.48. The SMILES string of the molecule is Nc1ccc(S(N)(=O)=O)cc1.[Ag]. The fourth-order valence-electron chi connectivity index (χ4n) is 0.658. The summed E-state index contributed by atoms with van der Waals surface area (Å²) in [6, 6.07) is 5.70. The average molecular weight is 280 g/mol. The average Bonchev–Trinajstić information content (AvgIpc) is 1.86. The first-order chi connectivity index (χ1) is 5.00. The molecule has 0 spiro atoms. The van der Waals surface area contributed by atoms with Gasteiger partial charge in [-0.3, -0.25) is 0 Å². The third-order valence-electron chi connectivity index (χ3n) is 1.21. The normalized spacial score (nSPS) is 10.4. The minimum atomic E-state index is -3.58. The van der Waals surface area contributed by atoms with E-state index in [2.05, 4.69) is 0 Å². The molecule has 6 heteroatoms. The number of hydrogen-bond donors (Lipinski definition) is 2. The molecule has 0 saturated heterocycles. The summed E-state index contributed by atoms with van der Waals surface area (Å²) in [6.07, 6.45) is 0. The first-order valence-corrected chi connectivity index (χ1v) is 4.43.